The van der Waals surface area contributed by atoms with E-state index >= 15 is 0 Å². The lowest BCUT2D eigenvalue weighted by molar-refractivity contribution is 0.184. The maximum absolute atomic E-state index is 9.32. The fourth-order valence-corrected chi connectivity index (χ4v) is 11.2. The molecule has 0 unspecified atom stereocenters. The molecule has 8 aromatic rings. The van der Waals surface area contributed by atoms with Gasteiger partial charge >= 0.3 is 0 Å². The minimum atomic E-state index is 0.0933. The van der Waals surface area contributed by atoms with Gasteiger partial charge in [0.15, 0.2) is 0 Å². The van der Waals surface area contributed by atoms with E-state index in [9.17, 15) is 5.11 Å². The summed E-state index contributed by atoms with van der Waals surface area (Å²) in [4.78, 5) is 15.9. The van der Waals surface area contributed by atoms with Gasteiger partial charge in [-0.1, -0.05) is 6.42 Å². The fourth-order valence-electron chi connectivity index (χ4n) is 11.2. The minimum Gasteiger partial charge on any atom is -0.490 e. The molecular formula is C64H96N12O5. The lowest BCUT2D eigenvalue weighted by atomic mass is 10.1. The summed E-state index contributed by atoms with van der Waals surface area (Å²) in [6, 6.07) is 15.5. The van der Waals surface area contributed by atoms with Gasteiger partial charge in [-0.15, -0.1) is 0 Å². The number of aliphatic hydroxyl groups excluding tert-OH is 1. The first-order chi connectivity index (χ1) is 38.7. The Morgan fingerprint density at radius 2 is 0.827 bits per heavy atom. The number of aryl methyl sites for hydroxylation is 7. The zero-order valence-corrected chi connectivity index (χ0v) is 51.1. The van der Waals surface area contributed by atoms with Crippen molar-refractivity contribution in [3.8, 4) is 23.0 Å². The predicted octanol–water partition coefficient (Wildman–Crippen LogP) is 10.2. The van der Waals surface area contributed by atoms with Gasteiger partial charge in [0.2, 0.25) is 0 Å². The van der Waals surface area contributed by atoms with Gasteiger partial charge in [-0.2, -0.15) is 0 Å². The summed E-state index contributed by atoms with van der Waals surface area (Å²) >= 11 is 0. The zero-order chi connectivity index (χ0) is 58.7. The van der Waals surface area contributed by atoms with Crippen LogP contribution in [0, 0.1) is 55.4 Å². The van der Waals surface area contributed by atoms with Gasteiger partial charge in [-0.3, -0.25) is 9.80 Å². The number of fused-ring (bicyclic) bond motifs is 4. The van der Waals surface area contributed by atoms with Gasteiger partial charge in [0.05, 0.1) is 28.7 Å². The third-order valence-corrected chi connectivity index (χ3v) is 16.5. The number of aromatic nitrogens is 4. The van der Waals surface area contributed by atoms with Crippen molar-refractivity contribution in [3.05, 3.63) is 93.6 Å². The van der Waals surface area contributed by atoms with Crippen molar-refractivity contribution < 1.29 is 24.1 Å². The van der Waals surface area contributed by atoms with Crippen LogP contribution in [0.15, 0.2) is 48.5 Å². The summed E-state index contributed by atoms with van der Waals surface area (Å²) in [5, 5.41) is 13.7. The predicted molar refractivity (Wildman–Crippen MR) is 339 cm³/mol. The van der Waals surface area contributed by atoms with Crippen LogP contribution in [0.2, 0.25) is 0 Å². The van der Waals surface area contributed by atoms with Gasteiger partial charge in [0.25, 0.3) is 0 Å². The Bertz CT molecular complexity index is 3350. The molecule has 0 spiro atoms. The molecule has 2 fully saturated rings. The molecule has 17 nitrogen and oxygen atoms in total. The van der Waals surface area contributed by atoms with Gasteiger partial charge in [0.1, 0.15) is 49.4 Å². The second kappa shape index (κ2) is 28.3. The Morgan fingerprint density at radius 3 is 1.26 bits per heavy atom. The number of anilines is 4. The van der Waals surface area contributed by atoms with E-state index in [4.69, 9.17) is 41.9 Å². The molecule has 2 aliphatic rings. The normalized spacial score (nSPS) is 13.9. The van der Waals surface area contributed by atoms with E-state index in [1.807, 2.05) is 83.6 Å². The topological polar surface area (TPSA) is 216 Å². The maximum Gasteiger partial charge on any atom is 0.143 e. The number of likely N-dealkylation sites (tertiary alicyclic amines) is 2. The van der Waals surface area contributed by atoms with Gasteiger partial charge in [-0.05, 0) is 206 Å². The van der Waals surface area contributed by atoms with Crippen LogP contribution < -0.4 is 41.9 Å². The third kappa shape index (κ3) is 14.7. The first-order valence-electron chi connectivity index (χ1n) is 29.1. The van der Waals surface area contributed by atoms with Crippen LogP contribution in [0.1, 0.15) is 77.1 Å². The number of H-pyrrole nitrogens is 2. The number of nitrogens with one attached hydrogen (secondary N) is 2. The molecule has 0 radical (unpaired) electrons. The van der Waals surface area contributed by atoms with Crippen molar-refractivity contribution in [2.24, 2.45) is 7.05 Å². The van der Waals surface area contributed by atoms with Crippen LogP contribution in [0.5, 0.6) is 23.0 Å². The number of nitrogens with zero attached hydrogens (tertiary/aromatic N) is 6. The summed E-state index contributed by atoms with van der Waals surface area (Å²) in [7, 11) is 10.2. The third-order valence-electron chi connectivity index (χ3n) is 16.5. The molecular weight excluding hydrogens is 1020 g/mol. The summed E-state index contributed by atoms with van der Waals surface area (Å²) in [6.45, 7) is 28.7. The Hall–Kier alpha value is -6.76. The zero-order valence-electron chi connectivity index (χ0n) is 51.1. The number of rotatable bonds is 18. The molecule has 2 saturated heterocycles. The molecule has 10 rings (SSSR count). The highest BCUT2D eigenvalue weighted by Crippen LogP contribution is 2.39. The SMILES string of the molecule is Cc1[nH]c2c(OCCN3CCCC3)ccc(N)c2c1C.Cc1[nH]c2c(OCCN3CCCCC3)ccc(N)c2c1C.Cc1c(C)n(C)c2c(OCCN(C)C)ccc(N)c12.Cc1c(C)n(CCO)c2c(OCCN(C)C)ccc(N)c12. The summed E-state index contributed by atoms with van der Waals surface area (Å²) in [5.74, 6) is 3.55. The van der Waals surface area contributed by atoms with Crippen molar-refractivity contribution in [2.45, 2.75) is 94.0 Å². The van der Waals surface area contributed by atoms with Crippen LogP contribution in [0.25, 0.3) is 43.6 Å². The molecule has 0 saturated carbocycles. The number of nitrogen functional groups attached to an aromatic ring is 4. The van der Waals surface area contributed by atoms with E-state index in [0.717, 1.165) is 151 Å². The second-order valence-electron chi connectivity index (χ2n) is 22.6. The van der Waals surface area contributed by atoms with E-state index in [0.29, 0.717) is 19.8 Å². The highest BCUT2D eigenvalue weighted by molar-refractivity contribution is 6.01. The van der Waals surface area contributed by atoms with Gasteiger partial charge in [-0.25, -0.2) is 0 Å². The molecule has 0 aliphatic carbocycles. The molecule has 4 aromatic carbocycles. The molecule has 0 amide bonds. The van der Waals surface area contributed by atoms with Gasteiger partial charge < -0.3 is 75.9 Å². The molecule has 2 aliphatic heterocycles. The Morgan fingerprint density at radius 1 is 0.457 bits per heavy atom. The van der Waals surface area contributed by atoms with Crippen molar-refractivity contribution in [1.82, 2.24) is 38.7 Å². The van der Waals surface area contributed by atoms with Gasteiger partial charge in [0, 0.05) is 107 Å². The standard InChI is InChI=1S/C17H25N3O.C16H25N3O2.C16H23N3O.C15H23N3O/c1-12-13(2)19-17-15(7-6-14(18)16(12)17)21-11-10-20-8-4-3-5-9-20;1-11-12(2)19(7-9-20)16-14(21-10-8-18(3)4)6-5-13(17)15(11)16;1-11-12(2)18-16-14(6-5-13(17)15(11)16)20-10-9-19-7-3-4-8-19;1-10-11(2)18(5)15-13(19-9-8-17(3)4)7-6-12(16)14(10)15/h6-7,19H,3-5,8-11,18H2,1-2H3;5-6,20H,7-10,17H2,1-4H3;5-6,18H,3-4,7-10,17H2,1-2H3;6-7H,8-9,16H2,1-5H3. The summed E-state index contributed by atoms with van der Waals surface area (Å²) < 4.78 is 28.1. The molecule has 0 bridgehead atoms. The number of hydrogen-bond donors (Lipinski definition) is 7. The van der Waals surface area contributed by atoms with E-state index in [-0.39, 0.29) is 6.61 Å². The molecule has 17 heteroatoms. The monoisotopic (exact) mass is 1110 g/mol. The van der Waals surface area contributed by atoms with Crippen molar-refractivity contribution in [1.29, 1.82) is 0 Å². The van der Waals surface area contributed by atoms with Crippen LogP contribution in [0.4, 0.5) is 22.7 Å². The molecule has 11 N–H and O–H groups in total. The molecule has 0 atom stereocenters. The minimum absolute atomic E-state index is 0.0933. The van der Waals surface area contributed by atoms with Crippen molar-refractivity contribution in [3.63, 3.8) is 0 Å². The fraction of sp³-hybridized carbons (Fsp3) is 0.500. The molecule has 4 aromatic heterocycles. The number of likely N-dealkylation sites (N-methyl/N-ethyl adjacent to an activating group) is 2. The van der Waals surface area contributed by atoms with E-state index in [2.05, 4.69) is 94.2 Å². The molecule has 442 valence electrons. The van der Waals surface area contributed by atoms with Crippen LogP contribution in [-0.2, 0) is 13.6 Å². The number of benzene rings is 4. The number of aliphatic hydroxyl groups is 1. The largest absolute Gasteiger partial charge is 0.490 e. The van der Waals surface area contributed by atoms with Crippen molar-refractivity contribution in [2.75, 3.05) is 137 Å². The Balaban J connectivity index is 0.000000156. The number of hydrogen-bond acceptors (Lipinski definition) is 13. The number of ether oxygens (including phenoxy) is 4. The quantitative estimate of drug-likeness (QED) is 0.0399. The van der Waals surface area contributed by atoms with Crippen LogP contribution in [0.3, 0.4) is 0 Å². The first-order valence-corrected chi connectivity index (χ1v) is 29.1. The lowest BCUT2D eigenvalue weighted by Gasteiger charge is -2.26. The smallest absolute Gasteiger partial charge is 0.143 e. The Kier molecular flexibility index (Phi) is 21.6. The average molecular weight is 1110 g/mol. The molecule has 81 heavy (non-hydrogen) atoms. The second-order valence-corrected chi connectivity index (χ2v) is 22.6. The maximum atomic E-state index is 9.32. The van der Waals surface area contributed by atoms with Crippen molar-refractivity contribution >= 4 is 66.4 Å². The lowest BCUT2D eigenvalue weighted by Crippen LogP contribution is -2.33. The number of piperidine rings is 1. The highest BCUT2D eigenvalue weighted by Gasteiger charge is 2.20. The molecule has 6 heterocycles. The number of nitrogens with two attached hydrogens (primary N) is 4. The average Bonchev–Trinajstić information content (AvgIpc) is 4.39. The van der Waals surface area contributed by atoms with E-state index in [1.54, 1.807) is 0 Å². The first kappa shape index (κ1) is 61.9. The summed E-state index contributed by atoms with van der Waals surface area (Å²) in [5.41, 5.74) is 41.2. The number of aromatic amines is 2. The Labute approximate surface area is 481 Å². The van der Waals surface area contributed by atoms with Crippen LogP contribution in [-0.4, -0.2) is 157 Å². The van der Waals surface area contributed by atoms with E-state index < -0.39 is 0 Å². The summed E-state index contributed by atoms with van der Waals surface area (Å²) in [6.07, 6.45) is 6.65. The van der Waals surface area contributed by atoms with E-state index in [1.165, 1.54) is 80.7 Å². The van der Waals surface area contributed by atoms with Crippen LogP contribution >= 0.6 is 0 Å². The highest BCUT2D eigenvalue weighted by atomic mass is 16.5.